The van der Waals surface area contributed by atoms with Crippen molar-refractivity contribution in [3.63, 3.8) is 0 Å². The summed E-state index contributed by atoms with van der Waals surface area (Å²) in [5.41, 5.74) is 0. The Kier molecular flexibility index (Phi) is 7.69. The number of esters is 1. The van der Waals surface area contributed by atoms with Crippen LogP contribution in [0.15, 0.2) is 12.7 Å². The highest BCUT2D eigenvalue weighted by molar-refractivity contribution is 7.40. The topological polar surface area (TPSA) is 133 Å². The number of carbonyl (C=O) groups is 1. The predicted octanol–water partition coefficient (Wildman–Crippen LogP) is -2.77. The largest absolute Gasteiger partial charge is 0.822 e. The molecule has 0 spiro atoms. The van der Waals surface area contributed by atoms with E-state index in [-0.39, 0.29) is 0 Å². The van der Waals surface area contributed by atoms with Gasteiger partial charge in [-0.05, 0) is 6.92 Å². The van der Waals surface area contributed by atoms with Gasteiger partial charge in [-0.3, -0.25) is 0 Å². The van der Waals surface area contributed by atoms with Crippen molar-refractivity contribution in [3.8, 4) is 0 Å². The summed E-state index contributed by atoms with van der Waals surface area (Å²) in [5.74, 6) is -0.611. The number of aliphatic hydroxyl groups is 1. The van der Waals surface area contributed by atoms with Gasteiger partial charge in [-0.25, -0.2) is 4.79 Å². The Labute approximate surface area is 74.5 Å². The molecule has 7 nitrogen and oxygen atoms in total. The second kappa shape index (κ2) is 6.76. The molecule has 1 unspecified atom stereocenters. The van der Waals surface area contributed by atoms with Crippen molar-refractivity contribution in [2.24, 2.45) is 0 Å². The monoisotopic (exact) mass is 211 g/mol. The highest BCUT2D eigenvalue weighted by Crippen LogP contribution is 2.03. The van der Waals surface area contributed by atoms with Gasteiger partial charge in [0, 0.05) is 6.08 Å². The van der Waals surface area contributed by atoms with Gasteiger partial charge in [-0.2, -0.15) is 7.82 Å². The zero-order valence-corrected chi connectivity index (χ0v) is 7.60. The highest BCUT2D eigenvalue weighted by Gasteiger charge is 1.97. The molecule has 0 saturated heterocycles. The molecule has 0 aromatic heterocycles. The first kappa shape index (κ1) is 14.8. The number of rotatable bonds is 2. The second-order valence-corrected chi connectivity index (χ2v) is 2.58. The molecule has 1 N–H and O–H groups in total. The van der Waals surface area contributed by atoms with Crippen LogP contribution in [0.4, 0.5) is 0 Å². The Morgan fingerprint density at radius 3 is 2.00 bits per heavy atom. The molecule has 0 aliphatic rings. The molecule has 13 heavy (non-hydrogen) atoms. The van der Waals surface area contributed by atoms with E-state index in [1.54, 1.807) is 0 Å². The molecule has 0 fully saturated rings. The lowest BCUT2D eigenvalue weighted by Gasteiger charge is -2.36. The molecule has 0 saturated carbocycles. The third-order valence-electron chi connectivity index (χ3n) is 0.453. The van der Waals surface area contributed by atoms with Crippen LogP contribution in [0, 0.1) is 0 Å². The van der Waals surface area contributed by atoms with Crippen LogP contribution in [0.1, 0.15) is 6.92 Å². The maximum Gasteiger partial charge on any atom is 0.332 e. The van der Waals surface area contributed by atoms with Crippen molar-refractivity contribution < 1.29 is 33.9 Å². The summed E-state index contributed by atoms with van der Waals surface area (Å²) >= 11 is 0. The van der Waals surface area contributed by atoms with Gasteiger partial charge < -0.3 is 29.1 Å². The van der Waals surface area contributed by atoms with Crippen molar-refractivity contribution in [2.45, 2.75) is 13.2 Å². The van der Waals surface area contributed by atoms with Crippen LogP contribution in [0.3, 0.4) is 0 Å². The van der Waals surface area contributed by atoms with E-state index in [1.165, 1.54) is 6.92 Å². The lowest BCUT2D eigenvalue weighted by Crippen LogP contribution is -2.24. The normalized spacial score (nSPS) is 12.1. The van der Waals surface area contributed by atoms with E-state index in [0.29, 0.717) is 0 Å². The Morgan fingerprint density at radius 2 is 1.92 bits per heavy atom. The van der Waals surface area contributed by atoms with Crippen molar-refractivity contribution in [1.29, 1.82) is 0 Å². The second-order valence-electron chi connectivity index (χ2n) is 1.69. The third-order valence-corrected chi connectivity index (χ3v) is 0.453. The lowest BCUT2D eigenvalue weighted by atomic mass is 10.6. The maximum absolute atomic E-state index is 10.1. The van der Waals surface area contributed by atoms with E-state index in [4.69, 9.17) is 24.4 Å². The standard InChI is InChI=1S/C5H8O3.H3O4P/c1-3-5(7)8-4(2)6;1-5(2,3)4/h3-4,6H,1H2,2H3;(H3,1,2,3,4)/p-3. The van der Waals surface area contributed by atoms with Crippen LogP contribution in [0.5, 0.6) is 0 Å². The summed E-state index contributed by atoms with van der Waals surface area (Å²) in [5, 5.41) is 8.36. The number of hydrogen-bond donors (Lipinski definition) is 1. The van der Waals surface area contributed by atoms with Crippen molar-refractivity contribution >= 4 is 13.8 Å². The van der Waals surface area contributed by atoms with Gasteiger partial charge >= 0.3 is 5.97 Å². The molecule has 0 heterocycles. The van der Waals surface area contributed by atoms with Crippen LogP contribution in [-0.2, 0) is 14.1 Å². The number of aliphatic hydroxyl groups excluding tert-OH is 1. The minimum atomic E-state index is -5.39. The van der Waals surface area contributed by atoms with E-state index in [0.717, 1.165) is 6.08 Å². The Morgan fingerprint density at radius 1 is 1.62 bits per heavy atom. The van der Waals surface area contributed by atoms with E-state index >= 15 is 0 Å². The molecule has 1 atom stereocenters. The number of ether oxygens (including phenoxy) is 1. The summed E-state index contributed by atoms with van der Waals surface area (Å²) in [4.78, 5) is 35.8. The zero-order valence-electron chi connectivity index (χ0n) is 6.71. The molecular weight excluding hydrogens is 203 g/mol. The molecule has 0 radical (unpaired) electrons. The van der Waals surface area contributed by atoms with Gasteiger partial charge in [0.05, 0.1) is 0 Å². The molecule has 78 valence electrons. The molecule has 0 aromatic carbocycles. The van der Waals surface area contributed by atoms with Crippen LogP contribution in [0.25, 0.3) is 0 Å². The third kappa shape index (κ3) is 34.8. The summed E-state index contributed by atoms with van der Waals surface area (Å²) in [6, 6.07) is 0. The van der Waals surface area contributed by atoms with Gasteiger partial charge in [0.25, 0.3) is 0 Å². The van der Waals surface area contributed by atoms with Crippen LogP contribution in [-0.4, -0.2) is 17.4 Å². The number of hydrogen-bond acceptors (Lipinski definition) is 7. The van der Waals surface area contributed by atoms with Gasteiger partial charge in [-0.15, -0.1) is 0 Å². The highest BCUT2D eigenvalue weighted by atomic mass is 31.2. The maximum atomic E-state index is 10.1. The van der Waals surface area contributed by atoms with E-state index in [9.17, 15) is 4.79 Å². The Bertz CT molecular complexity index is 197. The fraction of sp³-hybridized carbons (Fsp3) is 0.400. The minimum absolute atomic E-state index is 0.611. The van der Waals surface area contributed by atoms with E-state index in [2.05, 4.69) is 11.3 Å². The first-order valence-corrected chi connectivity index (χ1v) is 4.37. The summed E-state index contributed by atoms with van der Waals surface area (Å²) in [7, 11) is -5.39. The average molecular weight is 211 g/mol. The van der Waals surface area contributed by atoms with Crippen LogP contribution < -0.4 is 14.7 Å². The fourth-order valence-corrected chi connectivity index (χ4v) is 0.216. The smallest absolute Gasteiger partial charge is 0.332 e. The molecule has 0 rings (SSSR count). The van der Waals surface area contributed by atoms with Gasteiger partial charge in [-0.1, -0.05) is 6.58 Å². The quantitative estimate of drug-likeness (QED) is 0.226. The van der Waals surface area contributed by atoms with Crippen LogP contribution in [0.2, 0.25) is 0 Å². The molecule has 0 aliphatic heterocycles. The van der Waals surface area contributed by atoms with Crippen LogP contribution >= 0.6 is 7.82 Å². The van der Waals surface area contributed by atoms with Gasteiger partial charge in [0.1, 0.15) is 0 Å². The number of carbonyl (C=O) groups excluding carboxylic acids is 1. The summed E-state index contributed by atoms with van der Waals surface area (Å²) in [6.45, 7) is 4.48. The van der Waals surface area contributed by atoms with E-state index < -0.39 is 20.1 Å². The molecule has 0 aliphatic carbocycles. The Balaban J connectivity index is 0. The predicted molar refractivity (Wildman–Crippen MR) is 35.6 cm³/mol. The lowest BCUT2D eigenvalue weighted by molar-refractivity contribution is -0.432. The minimum Gasteiger partial charge on any atom is -0.822 e. The first-order chi connectivity index (χ1) is 5.66. The fourth-order valence-electron chi connectivity index (χ4n) is 0.216. The van der Waals surface area contributed by atoms with Gasteiger partial charge in [0.15, 0.2) is 6.29 Å². The molecular formula is C5H8O7P-3. The summed E-state index contributed by atoms with van der Waals surface area (Å²) < 4.78 is 12.7. The number of phosphoric acid groups is 1. The average Bonchev–Trinajstić information content (AvgIpc) is 1.82. The zero-order chi connectivity index (χ0) is 11.1. The SMILES string of the molecule is C=CC(=O)OC(C)O.O=P([O-])([O-])[O-]. The first-order valence-electron chi connectivity index (χ1n) is 2.91. The van der Waals surface area contributed by atoms with Gasteiger partial charge in [0.2, 0.25) is 0 Å². The molecule has 0 amide bonds. The summed E-state index contributed by atoms with van der Waals surface area (Å²) in [6.07, 6.45) is -0.0484. The van der Waals surface area contributed by atoms with E-state index in [1.807, 2.05) is 0 Å². The Hall–Kier alpha value is -0.720. The van der Waals surface area contributed by atoms with Crippen molar-refractivity contribution in [3.05, 3.63) is 12.7 Å². The molecule has 0 aromatic rings. The van der Waals surface area contributed by atoms with Crippen molar-refractivity contribution in [2.75, 3.05) is 0 Å². The molecule has 8 heteroatoms. The van der Waals surface area contributed by atoms with Crippen molar-refractivity contribution in [1.82, 2.24) is 0 Å². The molecule has 0 bridgehead atoms.